The van der Waals surface area contributed by atoms with Crippen molar-refractivity contribution >= 4 is 12.0 Å². The van der Waals surface area contributed by atoms with Crippen molar-refractivity contribution < 1.29 is 24.2 Å². The maximum Gasteiger partial charge on any atom is 0.410 e. The molecular weight excluding hydrogens is 324 g/mol. The highest BCUT2D eigenvalue weighted by atomic mass is 16.6. The van der Waals surface area contributed by atoms with Crippen LogP contribution < -0.4 is 0 Å². The van der Waals surface area contributed by atoms with Crippen LogP contribution in [0.15, 0.2) is 30.3 Å². The molecule has 3 rings (SSSR count). The Bertz CT molecular complexity index is 612. The first-order valence-electron chi connectivity index (χ1n) is 8.49. The van der Waals surface area contributed by atoms with Crippen LogP contribution in [-0.4, -0.2) is 72.4 Å². The smallest absolute Gasteiger partial charge is 0.410 e. The predicted octanol–water partition coefficient (Wildman–Crippen LogP) is 0.865. The predicted molar refractivity (Wildman–Crippen MR) is 89.7 cm³/mol. The number of nitrogens with zero attached hydrogens (tertiary/aromatic N) is 2. The minimum atomic E-state index is -0.575. The van der Waals surface area contributed by atoms with Crippen molar-refractivity contribution in [3.05, 3.63) is 35.9 Å². The van der Waals surface area contributed by atoms with Gasteiger partial charge in [0.05, 0.1) is 25.2 Å². The number of rotatable bonds is 5. The molecule has 0 radical (unpaired) electrons. The van der Waals surface area contributed by atoms with Gasteiger partial charge in [-0.25, -0.2) is 4.79 Å². The van der Waals surface area contributed by atoms with Crippen LogP contribution in [0.3, 0.4) is 0 Å². The Hall–Kier alpha value is -2.12. The third-order valence-electron chi connectivity index (χ3n) is 4.87. The maximum atomic E-state index is 12.6. The van der Waals surface area contributed by atoms with Crippen molar-refractivity contribution in [3.8, 4) is 0 Å². The van der Waals surface area contributed by atoms with Gasteiger partial charge in [0.15, 0.2) is 0 Å². The number of hydrogen-bond acceptors (Lipinski definition) is 5. The third kappa shape index (κ3) is 3.77. The topological polar surface area (TPSA) is 79.3 Å². The van der Waals surface area contributed by atoms with E-state index in [0.717, 1.165) is 5.56 Å². The van der Waals surface area contributed by atoms with Crippen molar-refractivity contribution in [1.29, 1.82) is 0 Å². The molecule has 1 atom stereocenters. The second kappa shape index (κ2) is 7.41. The molecule has 0 bridgehead atoms. The summed E-state index contributed by atoms with van der Waals surface area (Å²) in [6, 6.07) is 8.86. The number of aliphatic hydroxyl groups is 1. The summed E-state index contributed by atoms with van der Waals surface area (Å²) in [5.74, 6) is -0.123. The van der Waals surface area contributed by atoms with Crippen LogP contribution in [0.4, 0.5) is 4.79 Å². The van der Waals surface area contributed by atoms with E-state index in [1.165, 1.54) is 4.90 Å². The van der Waals surface area contributed by atoms with Crippen molar-refractivity contribution in [1.82, 2.24) is 9.80 Å². The fraction of sp³-hybridized carbons (Fsp3) is 0.556. The van der Waals surface area contributed by atoms with Crippen LogP contribution in [0.5, 0.6) is 0 Å². The molecule has 2 aliphatic heterocycles. The number of benzene rings is 1. The Kier molecular flexibility index (Phi) is 5.24. The van der Waals surface area contributed by atoms with Crippen molar-refractivity contribution in [2.75, 3.05) is 39.5 Å². The zero-order chi connectivity index (χ0) is 17.9. The highest BCUT2D eigenvalue weighted by Crippen LogP contribution is 2.29. The Morgan fingerprint density at radius 3 is 2.64 bits per heavy atom. The van der Waals surface area contributed by atoms with Gasteiger partial charge >= 0.3 is 6.09 Å². The SMILES string of the molecule is C[C@H]1C(=O)N(CC2(CO)COC2)CCN1C(=O)OCc1ccccc1. The van der Waals surface area contributed by atoms with Crippen LogP contribution in [0.1, 0.15) is 12.5 Å². The molecule has 25 heavy (non-hydrogen) atoms. The summed E-state index contributed by atoms with van der Waals surface area (Å²) in [6.07, 6.45) is -0.479. The molecule has 7 nitrogen and oxygen atoms in total. The van der Waals surface area contributed by atoms with Crippen LogP contribution in [-0.2, 0) is 20.9 Å². The monoisotopic (exact) mass is 348 g/mol. The molecule has 0 aromatic heterocycles. The van der Waals surface area contributed by atoms with E-state index < -0.39 is 12.1 Å². The molecule has 0 unspecified atom stereocenters. The van der Waals surface area contributed by atoms with Crippen LogP contribution >= 0.6 is 0 Å². The summed E-state index contributed by atoms with van der Waals surface area (Å²) < 4.78 is 10.5. The molecule has 0 spiro atoms. The Morgan fingerprint density at radius 2 is 2.04 bits per heavy atom. The van der Waals surface area contributed by atoms with Gasteiger partial charge in [0.1, 0.15) is 12.6 Å². The Morgan fingerprint density at radius 1 is 1.32 bits per heavy atom. The van der Waals surface area contributed by atoms with E-state index in [0.29, 0.717) is 32.8 Å². The molecule has 1 aromatic carbocycles. The quantitative estimate of drug-likeness (QED) is 0.854. The molecule has 1 N–H and O–H groups in total. The lowest BCUT2D eigenvalue weighted by molar-refractivity contribution is -0.165. The largest absolute Gasteiger partial charge is 0.445 e. The molecular formula is C18H24N2O5. The second-order valence-corrected chi connectivity index (χ2v) is 6.82. The molecule has 2 heterocycles. The summed E-state index contributed by atoms with van der Waals surface area (Å²) in [5, 5.41) is 9.54. The van der Waals surface area contributed by atoms with E-state index in [9.17, 15) is 14.7 Å². The lowest BCUT2D eigenvalue weighted by atomic mass is 9.86. The van der Waals surface area contributed by atoms with Gasteiger partial charge in [-0.3, -0.25) is 9.69 Å². The number of ether oxygens (including phenoxy) is 2. The van der Waals surface area contributed by atoms with Gasteiger partial charge in [0.2, 0.25) is 5.91 Å². The molecule has 0 saturated carbocycles. The number of carbonyl (C=O) groups is 2. The maximum absolute atomic E-state index is 12.6. The van der Waals surface area contributed by atoms with Gasteiger partial charge in [0, 0.05) is 19.6 Å². The highest BCUT2D eigenvalue weighted by Gasteiger charge is 2.43. The zero-order valence-corrected chi connectivity index (χ0v) is 14.4. The molecule has 7 heteroatoms. The van der Waals surface area contributed by atoms with E-state index in [1.807, 2.05) is 30.3 Å². The fourth-order valence-electron chi connectivity index (χ4n) is 3.17. The van der Waals surface area contributed by atoms with Gasteiger partial charge in [-0.05, 0) is 12.5 Å². The van der Waals surface area contributed by atoms with Gasteiger partial charge in [-0.1, -0.05) is 30.3 Å². The first-order chi connectivity index (χ1) is 12.0. The van der Waals surface area contributed by atoms with E-state index in [2.05, 4.69) is 0 Å². The molecule has 0 aliphatic carbocycles. The van der Waals surface area contributed by atoms with E-state index in [4.69, 9.17) is 9.47 Å². The minimum absolute atomic E-state index is 0.00596. The molecule has 2 amide bonds. The summed E-state index contributed by atoms with van der Waals surface area (Å²) in [4.78, 5) is 28.1. The number of amides is 2. The number of hydrogen-bond donors (Lipinski definition) is 1. The number of aliphatic hydroxyl groups excluding tert-OH is 1. The van der Waals surface area contributed by atoms with Crippen LogP contribution in [0, 0.1) is 5.41 Å². The summed E-state index contributed by atoms with van der Waals surface area (Å²) in [7, 11) is 0. The second-order valence-electron chi connectivity index (χ2n) is 6.82. The van der Waals surface area contributed by atoms with Crippen molar-refractivity contribution in [3.63, 3.8) is 0 Å². The van der Waals surface area contributed by atoms with Gasteiger partial charge in [-0.2, -0.15) is 0 Å². The summed E-state index contributed by atoms with van der Waals surface area (Å²) >= 11 is 0. The zero-order valence-electron chi connectivity index (χ0n) is 14.4. The van der Waals surface area contributed by atoms with E-state index >= 15 is 0 Å². The lowest BCUT2D eigenvalue weighted by Crippen LogP contribution is -2.62. The normalized spacial score (nSPS) is 22.5. The summed E-state index contributed by atoms with van der Waals surface area (Å²) in [5.41, 5.74) is 0.550. The van der Waals surface area contributed by atoms with E-state index in [-0.39, 0.29) is 24.5 Å². The van der Waals surface area contributed by atoms with Crippen molar-refractivity contribution in [2.45, 2.75) is 19.6 Å². The van der Waals surface area contributed by atoms with Gasteiger partial charge in [-0.15, -0.1) is 0 Å². The first-order valence-corrected chi connectivity index (χ1v) is 8.49. The van der Waals surface area contributed by atoms with E-state index in [1.54, 1.807) is 11.8 Å². The first kappa shape index (κ1) is 17.7. The molecule has 1 aromatic rings. The molecule has 2 fully saturated rings. The number of piperazine rings is 1. The molecule has 136 valence electrons. The standard InChI is InChI=1S/C18H24N2O5/c1-14-16(22)19(10-18(11-21)12-24-13-18)7-8-20(14)17(23)25-9-15-5-3-2-4-6-15/h2-6,14,21H,7-13H2,1H3/t14-/m0/s1. The Labute approximate surface area is 147 Å². The van der Waals surface area contributed by atoms with Crippen LogP contribution in [0.2, 0.25) is 0 Å². The van der Waals surface area contributed by atoms with Crippen LogP contribution in [0.25, 0.3) is 0 Å². The average molecular weight is 348 g/mol. The average Bonchev–Trinajstić information content (AvgIpc) is 2.60. The number of carbonyl (C=O) groups excluding carboxylic acids is 2. The highest BCUT2D eigenvalue weighted by molar-refractivity contribution is 5.86. The lowest BCUT2D eigenvalue weighted by Gasteiger charge is -2.46. The van der Waals surface area contributed by atoms with Gasteiger partial charge in [0.25, 0.3) is 0 Å². The summed E-state index contributed by atoms with van der Waals surface area (Å²) in [6.45, 7) is 4.13. The third-order valence-corrected chi connectivity index (χ3v) is 4.87. The molecule has 2 aliphatic rings. The molecule has 2 saturated heterocycles. The van der Waals surface area contributed by atoms with Gasteiger partial charge < -0.3 is 19.5 Å². The van der Waals surface area contributed by atoms with Crippen molar-refractivity contribution in [2.24, 2.45) is 5.41 Å². The Balaban J connectivity index is 1.54. The fourth-order valence-corrected chi connectivity index (χ4v) is 3.17. The minimum Gasteiger partial charge on any atom is -0.445 e.